The Morgan fingerprint density at radius 1 is 1.29 bits per heavy atom. The Bertz CT molecular complexity index is 573. The van der Waals surface area contributed by atoms with Crippen molar-refractivity contribution in [2.45, 2.75) is 0 Å². The molecule has 1 aliphatic rings. The number of phenols is 1. The molecular formula is C12H12BN3O. The summed E-state index contributed by atoms with van der Waals surface area (Å²) in [5.74, 6) is 0.254. The van der Waals surface area contributed by atoms with Gasteiger partial charge in [-0.3, -0.25) is 4.98 Å². The molecule has 2 N–H and O–H groups in total. The van der Waals surface area contributed by atoms with Gasteiger partial charge >= 0.3 is 7.55 Å². The van der Waals surface area contributed by atoms with E-state index in [0.29, 0.717) is 0 Å². The molecule has 0 amide bonds. The Balaban J connectivity index is 2.20. The van der Waals surface area contributed by atoms with Gasteiger partial charge in [-0.05, 0) is 25.2 Å². The van der Waals surface area contributed by atoms with E-state index >= 15 is 0 Å². The minimum Gasteiger partial charge on any atom is -0.507 e. The van der Waals surface area contributed by atoms with Gasteiger partial charge in [0.2, 0.25) is 0 Å². The largest absolute Gasteiger partial charge is 0.507 e. The number of nitrogens with one attached hydrogen (secondary N) is 1. The van der Waals surface area contributed by atoms with E-state index in [1.807, 2.05) is 31.3 Å². The molecule has 0 fully saturated rings. The maximum absolute atomic E-state index is 9.88. The molecule has 0 saturated carbocycles. The van der Waals surface area contributed by atoms with Crippen molar-refractivity contribution < 1.29 is 5.11 Å². The second-order valence-corrected chi connectivity index (χ2v) is 4.10. The highest BCUT2D eigenvalue weighted by molar-refractivity contribution is 6.50. The fraction of sp³-hybridized carbons (Fsp3) is 0.0833. The average molecular weight is 225 g/mol. The number of benzene rings is 1. The van der Waals surface area contributed by atoms with Crippen molar-refractivity contribution in [3.63, 3.8) is 0 Å². The Kier molecular flexibility index (Phi) is 2.18. The summed E-state index contributed by atoms with van der Waals surface area (Å²) in [6, 6.07) is 9.22. The Hall–Kier alpha value is -2.17. The molecule has 2 heterocycles. The van der Waals surface area contributed by atoms with Crippen LogP contribution in [0.2, 0.25) is 0 Å². The SMILES string of the molecule is CN1BNc2c1ccnc2-c1ccccc1O. The smallest absolute Gasteiger partial charge is 0.354 e. The van der Waals surface area contributed by atoms with Gasteiger partial charge in [0.25, 0.3) is 0 Å². The van der Waals surface area contributed by atoms with Crippen LogP contribution in [0.3, 0.4) is 0 Å². The highest BCUT2D eigenvalue weighted by Crippen LogP contribution is 2.39. The molecule has 0 aliphatic carbocycles. The number of phenolic OH excluding ortho intramolecular Hbond substituents is 1. The van der Waals surface area contributed by atoms with Crippen LogP contribution in [0, 0.1) is 0 Å². The Labute approximate surface area is 100 Å². The quantitative estimate of drug-likeness (QED) is 0.723. The predicted molar refractivity (Wildman–Crippen MR) is 70.5 cm³/mol. The highest BCUT2D eigenvalue weighted by Gasteiger charge is 2.22. The highest BCUT2D eigenvalue weighted by atomic mass is 16.3. The molecule has 2 aromatic rings. The third-order valence-electron chi connectivity index (χ3n) is 2.99. The number of aromatic hydroxyl groups is 1. The van der Waals surface area contributed by atoms with Crippen molar-refractivity contribution in [3.05, 3.63) is 36.5 Å². The van der Waals surface area contributed by atoms with Crippen LogP contribution in [0.25, 0.3) is 11.3 Å². The molecule has 84 valence electrons. The number of fused-ring (bicyclic) bond motifs is 1. The lowest BCUT2D eigenvalue weighted by molar-refractivity contribution is 0.477. The van der Waals surface area contributed by atoms with Gasteiger partial charge in [0.15, 0.2) is 0 Å². The molecule has 1 aromatic carbocycles. The number of hydrogen-bond acceptors (Lipinski definition) is 4. The van der Waals surface area contributed by atoms with Crippen molar-refractivity contribution in [3.8, 4) is 17.0 Å². The van der Waals surface area contributed by atoms with Gasteiger partial charge in [-0.15, -0.1) is 0 Å². The van der Waals surface area contributed by atoms with Crippen LogP contribution >= 0.6 is 0 Å². The fourth-order valence-electron chi connectivity index (χ4n) is 2.10. The molecule has 17 heavy (non-hydrogen) atoms. The molecule has 0 radical (unpaired) electrons. The molecule has 1 aromatic heterocycles. The van der Waals surface area contributed by atoms with Gasteiger partial charge in [-0.25, -0.2) is 0 Å². The summed E-state index contributed by atoms with van der Waals surface area (Å²) in [5.41, 5.74) is 3.65. The molecule has 0 bridgehead atoms. The number of nitrogens with zero attached hydrogens (tertiary/aromatic N) is 2. The molecule has 0 saturated heterocycles. The summed E-state index contributed by atoms with van der Waals surface area (Å²) >= 11 is 0. The molecule has 4 nitrogen and oxygen atoms in total. The lowest BCUT2D eigenvalue weighted by Crippen LogP contribution is -2.20. The first-order valence-corrected chi connectivity index (χ1v) is 5.50. The van der Waals surface area contributed by atoms with Gasteiger partial charge in [0, 0.05) is 11.8 Å². The van der Waals surface area contributed by atoms with Crippen molar-refractivity contribution >= 4 is 18.9 Å². The van der Waals surface area contributed by atoms with Crippen molar-refractivity contribution in [1.82, 2.24) is 4.98 Å². The zero-order valence-corrected chi connectivity index (χ0v) is 9.51. The van der Waals surface area contributed by atoms with E-state index in [0.717, 1.165) is 30.2 Å². The first-order chi connectivity index (χ1) is 8.27. The number of aromatic nitrogens is 1. The number of pyridine rings is 1. The van der Waals surface area contributed by atoms with Crippen LogP contribution in [-0.2, 0) is 0 Å². The summed E-state index contributed by atoms with van der Waals surface area (Å²) in [7, 11) is 2.79. The van der Waals surface area contributed by atoms with Gasteiger partial charge in [-0.1, -0.05) is 12.1 Å². The van der Waals surface area contributed by atoms with Crippen molar-refractivity contribution in [2.24, 2.45) is 0 Å². The third kappa shape index (κ3) is 1.51. The summed E-state index contributed by atoms with van der Waals surface area (Å²) in [6.45, 7) is 0. The van der Waals surface area contributed by atoms with E-state index in [9.17, 15) is 5.11 Å². The summed E-state index contributed by atoms with van der Waals surface area (Å²) in [4.78, 5) is 6.48. The van der Waals surface area contributed by atoms with Gasteiger partial charge in [0.05, 0.1) is 17.1 Å². The Morgan fingerprint density at radius 2 is 2.12 bits per heavy atom. The third-order valence-corrected chi connectivity index (χ3v) is 2.99. The lowest BCUT2D eigenvalue weighted by atomic mass is 10.1. The van der Waals surface area contributed by atoms with Gasteiger partial charge in [0.1, 0.15) is 5.75 Å². The number of hydrogen-bond donors (Lipinski definition) is 2. The van der Waals surface area contributed by atoms with Crippen LogP contribution < -0.4 is 10.0 Å². The van der Waals surface area contributed by atoms with E-state index in [2.05, 4.69) is 15.0 Å². The van der Waals surface area contributed by atoms with Crippen LogP contribution in [0.15, 0.2) is 36.5 Å². The predicted octanol–water partition coefficient (Wildman–Crippen LogP) is 1.58. The van der Waals surface area contributed by atoms with Gasteiger partial charge < -0.3 is 15.1 Å². The average Bonchev–Trinajstić information content (AvgIpc) is 2.72. The monoisotopic (exact) mass is 225 g/mol. The maximum Gasteiger partial charge on any atom is 0.354 e. The van der Waals surface area contributed by atoms with E-state index in [1.165, 1.54) is 0 Å². The second kappa shape index (κ2) is 3.70. The van der Waals surface area contributed by atoms with Crippen LogP contribution in [0.5, 0.6) is 5.75 Å². The molecule has 3 rings (SSSR count). The van der Waals surface area contributed by atoms with E-state index in [4.69, 9.17) is 0 Å². The second-order valence-electron chi connectivity index (χ2n) is 4.10. The van der Waals surface area contributed by atoms with Crippen LogP contribution in [-0.4, -0.2) is 24.7 Å². The molecule has 0 atom stereocenters. The Morgan fingerprint density at radius 3 is 2.94 bits per heavy atom. The minimum atomic E-state index is 0.254. The van der Waals surface area contributed by atoms with E-state index in [1.54, 1.807) is 12.3 Å². The van der Waals surface area contributed by atoms with Crippen LogP contribution in [0.4, 0.5) is 11.4 Å². The first kappa shape index (κ1) is 10.0. The molecule has 5 heteroatoms. The van der Waals surface area contributed by atoms with Crippen molar-refractivity contribution in [1.29, 1.82) is 0 Å². The topological polar surface area (TPSA) is 48.4 Å². The zero-order chi connectivity index (χ0) is 11.8. The van der Waals surface area contributed by atoms with Gasteiger partial charge in [-0.2, -0.15) is 0 Å². The van der Waals surface area contributed by atoms with E-state index < -0.39 is 0 Å². The molecule has 1 aliphatic heterocycles. The number of para-hydroxylation sites is 1. The lowest BCUT2D eigenvalue weighted by Gasteiger charge is -2.11. The number of anilines is 2. The molecule has 0 unspecified atom stereocenters. The minimum absolute atomic E-state index is 0.254. The summed E-state index contributed by atoms with van der Waals surface area (Å²) in [5, 5.41) is 13.2. The zero-order valence-electron chi connectivity index (χ0n) is 9.51. The van der Waals surface area contributed by atoms with E-state index in [-0.39, 0.29) is 5.75 Å². The normalized spacial score (nSPS) is 12.9. The maximum atomic E-state index is 9.88. The van der Waals surface area contributed by atoms with Crippen LogP contribution in [0.1, 0.15) is 0 Å². The molecular weight excluding hydrogens is 213 g/mol. The fourth-order valence-corrected chi connectivity index (χ4v) is 2.10. The number of rotatable bonds is 1. The standard InChI is InChI=1S/C12H12BN3O/c1-16-9-6-7-14-11(12(9)15-13-16)8-4-2-3-5-10(8)17/h2-7,13,15,17H,1H3. The molecule has 0 spiro atoms. The van der Waals surface area contributed by atoms with Crippen molar-refractivity contribution in [2.75, 3.05) is 17.1 Å². The summed E-state index contributed by atoms with van der Waals surface area (Å²) < 4.78 is 0. The first-order valence-electron chi connectivity index (χ1n) is 5.50. The summed E-state index contributed by atoms with van der Waals surface area (Å²) in [6.07, 6.45) is 1.77.